The molecule has 2 N–H and O–H groups in total. The third-order valence-corrected chi connectivity index (χ3v) is 3.30. The topological polar surface area (TPSA) is 93.0 Å². The number of nitrogens with zero attached hydrogens (tertiary/aromatic N) is 3. The van der Waals surface area contributed by atoms with Crippen LogP contribution < -0.4 is 10.6 Å². The van der Waals surface area contributed by atoms with Crippen LogP contribution in [0.2, 0.25) is 0 Å². The molecule has 0 saturated carbocycles. The Morgan fingerprint density at radius 2 is 1.65 bits per heavy atom. The summed E-state index contributed by atoms with van der Waals surface area (Å²) in [6, 6.07) is 14.2. The van der Waals surface area contributed by atoms with Gasteiger partial charge in [0.2, 0.25) is 0 Å². The standard InChI is InChI=1S/C16H15N5O2/c22-21(23)15-8-4-3-7-14(15)17-9-10-18-16-11-19-12-5-1-2-6-13(12)20-16/h1-8,11,17H,9-10H2,(H,18,20). The van der Waals surface area contributed by atoms with Crippen molar-refractivity contribution in [3.63, 3.8) is 0 Å². The fraction of sp³-hybridized carbons (Fsp3) is 0.125. The molecule has 0 saturated heterocycles. The van der Waals surface area contributed by atoms with Gasteiger partial charge < -0.3 is 10.6 Å². The summed E-state index contributed by atoms with van der Waals surface area (Å²) in [6.07, 6.45) is 1.67. The highest BCUT2D eigenvalue weighted by Crippen LogP contribution is 2.22. The van der Waals surface area contributed by atoms with Gasteiger partial charge in [-0.25, -0.2) is 4.98 Å². The van der Waals surface area contributed by atoms with Crippen LogP contribution >= 0.6 is 0 Å². The Hall–Kier alpha value is -3.22. The third-order valence-electron chi connectivity index (χ3n) is 3.30. The molecule has 0 spiro atoms. The van der Waals surface area contributed by atoms with Crippen molar-refractivity contribution in [2.24, 2.45) is 0 Å². The molecule has 0 amide bonds. The summed E-state index contributed by atoms with van der Waals surface area (Å²) < 4.78 is 0. The lowest BCUT2D eigenvalue weighted by Crippen LogP contribution is -2.15. The predicted octanol–water partition coefficient (Wildman–Crippen LogP) is 3.06. The summed E-state index contributed by atoms with van der Waals surface area (Å²) in [5.74, 6) is 0.674. The number of hydrogen-bond acceptors (Lipinski definition) is 6. The van der Waals surface area contributed by atoms with E-state index in [2.05, 4.69) is 20.6 Å². The maximum Gasteiger partial charge on any atom is 0.292 e. The molecule has 0 bridgehead atoms. The maximum absolute atomic E-state index is 10.9. The Labute approximate surface area is 132 Å². The van der Waals surface area contributed by atoms with Crippen molar-refractivity contribution in [2.75, 3.05) is 23.7 Å². The number of nitro benzene ring substituents is 1. The Balaban J connectivity index is 1.58. The minimum Gasteiger partial charge on any atom is -0.378 e. The number of fused-ring (bicyclic) bond motifs is 1. The van der Waals surface area contributed by atoms with Crippen molar-refractivity contribution in [3.05, 3.63) is 64.8 Å². The van der Waals surface area contributed by atoms with Crippen molar-refractivity contribution in [2.45, 2.75) is 0 Å². The molecule has 3 rings (SSSR count). The van der Waals surface area contributed by atoms with Crippen LogP contribution in [0.3, 0.4) is 0 Å². The molecule has 116 valence electrons. The molecule has 7 nitrogen and oxygen atoms in total. The molecule has 7 heteroatoms. The van der Waals surface area contributed by atoms with Crippen LogP contribution in [0.4, 0.5) is 17.2 Å². The van der Waals surface area contributed by atoms with Gasteiger partial charge in [0.05, 0.1) is 22.2 Å². The molecule has 0 atom stereocenters. The van der Waals surface area contributed by atoms with Crippen molar-refractivity contribution >= 4 is 28.2 Å². The lowest BCUT2D eigenvalue weighted by molar-refractivity contribution is -0.384. The Morgan fingerprint density at radius 3 is 2.48 bits per heavy atom. The summed E-state index contributed by atoms with van der Waals surface area (Å²) >= 11 is 0. The van der Waals surface area contributed by atoms with E-state index in [-0.39, 0.29) is 5.69 Å². The van der Waals surface area contributed by atoms with Gasteiger partial charge in [-0.3, -0.25) is 15.1 Å². The summed E-state index contributed by atoms with van der Waals surface area (Å²) in [5.41, 5.74) is 2.24. The number of benzene rings is 2. The summed E-state index contributed by atoms with van der Waals surface area (Å²) in [5, 5.41) is 17.1. The molecule has 0 unspecified atom stereocenters. The number of nitrogens with one attached hydrogen (secondary N) is 2. The highest BCUT2D eigenvalue weighted by atomic mass is 16.6. The van der Waals surface area contributed by atoms with E-state index in [4.69, 9.17) is 0 Å². The minimum absolute atomic E-state index is 0.0676. The highest BCUT2D eigenvalue weighted by Gasteiger charge is 2.11. The molecule has 0 aliphatic heterocycles. The molecule has 0 radical (unpaired) electrons. The molecule has 0 fully saturated rings. The molecule has 23 heavy (non-hydrogen) atoms. The number of para-hydroxylation sites is 4. The van der Waals surface area contributed by atoms with Gasteiger partial charge >= 0.3 is 0 Å². The summed E-state index contributed by atoms with van der Waals surface area (Å²) in [6.45, 7) is 1.10. The van der Waals surface area contributed by atoms with E-state index < -0.39 is 4.92 Å². The monoisotopic (exact) mass is 309 g/mol. The lowest BCUT2D eigenvalue weighted by atomic mass is 10.2. The molecule has 0 aliphatic rings. The highest BCUT2D eigenvalue weighted by molar-refractivity contribution is 5.75. The number of anilines is 2. The Kier molecular flexibility index (Phi) is 4.28. The zero-order chi connectivity index (χ0) is 16.1. The van der Waals surface area contributed by atoms with Crippen molar-refractivity contribution in [1.29, 1.82) is 0 Å². The zero-order valence-electron chi connectivity index (χ0n) is 12.3. The molecule has 2 aromatic carbocycles. The van der Waals surface area contributed by atoms with Crippen molar-refractivity contribution < 1.29 is 4.92 Å². The second-order valence-electron chi connectivity index (χ2n) is 4.87. The van der Waals surface area contributed by atoms with Gasteiger partial charge in [-0.2, -0.15) is 0 Å². The van der Waals surface area contributed by atoms with Crippen LogP contribution in [0.25, 0.3) is 11.0 Å². The zero-order valence-corrected chi connectivity index (χ0v) is 12.3. The predicted molar refractivity (Wildman–Crippen MR) is 89.6 cm³/mol. The van der Waals surface area contributed by atoms with Gasteiger partial charge in [0.1, 0.15) is 11.5 Å². The fourth-order valence-corrected chi connectivity index (χ4v) is 2.21. The van der Waals surface area contributed by atoms with E-state index in [0.29, 0.717) is 24.6 Å². The number of hydrogen-bond donors (Lipinski definition) is 2. The average Bonchev–Trinajstić information content (AvgIpc) is 2.59. The second kappa shape index (κ2) is 6.69. The van der Waals surface area contributed by atoms with Crippen LogP contribution in [0.1, 0.15) is 0 Å². The summed E-state index contributed by atoms with van der Waals surface area (Å²) in [7, 11) is 0. The van der Waals surface area contributed by atoms with Crippen LogP contribution in [0.5, 0.6) is 0 Å². The van der Waals surface area contributed by atoms with Crippen LogP contribution in [-0.2, 0) is 0 Å². The van der Waals surface area contributed by atoms with Crippen LogP contribution in [0.15, 0.2) is 54.7 Å². The number of rotatable bonds is 6. The molecule has 0 aliphatic carbocycles. The first-order chi connectivity index (χ1) is 11.2. The molecule has 1 aromatic heterocycles. The summed E-state index contributed by atoms with van der Waals surface area (Å²) in [4.78, 5) is 19.3. The quantitative estimate of drug-likeness (QED) is 0.413. The fourth-order valence-electron chi connectivity index (χ4n) is 2.21. The van der Waals surface area contributed by atoms with Crippen molar-refractivity contribution in [1.82, 2.24) is 9.97 Å². The van der Waals surface area contributed by atoms with Crippen molar-refractivity contribution in [3.8, 4) is 0 Å². The first kappa shape index (κ1) is 14.7. The lowest BCUT2D eigenvalue weighted by Gasteiger charge is -2.09. The molecule has 1 heterocycles. The third kappa shape index (κ3) is 3.52. The maximum atomic E-state index is 10.9. The smallest absolute Gasteiger partial charge is 0.292 e. The van der Waals surface area contributed by atoms with E-state index in [0.717, 1.165) is 11.0 Å². The van der Waals surface area contributed by atoms with E-state index in [1.807, 2.05) is 24.3 Å². The van der Waals surface area contributed by atoms with Gasteiger partial charge in [0, 0.05) is 19.2 Å². The van der Waals surface area contributed by atoms with Gasteiger partial charge in [0.25, 0.3) is 5.69 Å². The van der Waals surface area contributed by atoms with E-state index in [1.54, 1.807) is 24.4 Å². The first-order valence-electron chi connectivity index (χ1n) is 7.17. The largest absolute Gasteiger partial charge is 0.378 e. The number of nitro groups is 1. The molecule has 3 aromatic rings. The van der Waals surface area contributed by atoms with Crippen LogP contribution in [0, 0.1) is 10.1 Å². The Bertz CT molecular complexity index is 837. The van der Waals surface area contributed by atoms with E-state index in [1.165, 1.54) is 6.07 Å². The molecular weight excluding hydrogens is 294 g/mol. The second-order valence-corrected chi connectivity index (χ2v) is 4.87. The van der Waals surface area contributed by atoms with Crippen LogP contribution in [-0.4, -0.2) is 28.0 Å². The van der Waals surface area contributed by atoms with Gasteiger partial charge in [0.15, 0.2) is 0 Å². The van der Waals surface area contributed by atoms with Gasteiger partial charge in [-0.05, 0) is 18.2 Å². The van der Waals surface area contributed by atoms with E-state index >= 15 is 0 Å². The normalized spacial score (nSPS) is 10.4. The molecular formula is C16H15N5O2. The Morgan fingerprint density at radius 1 is 0.957 bits per heavy atom. The van der Waals surface area contributed by atoms with Gasteiger partial charge in [-0.15, -0.1) is 0 Å². The average molecular weight is 309 g/mol. The van der Waals surface area contributed by atoms with Gasteiger partial charge in [-0.1, -0.05) is 24.3 Å². The minimum atomic E-state index is -0.398. The number of aromatic nitrogens is 2. The first-order valence-corrected chi connectivity index (χ1v) is 7.17. The van der Waals surface area contributed by atoms with E-state index in [9.17, 15) is 10.1 Å². The SMILES string of the molecule is O=[N+]([O-])c1ccccc1NCCNc1cnc2ccccc2n1.